The number of ether oxygens (including phenoxy) is 3. The summed E-state index contributed by atoms with van der Waals surface area (Å²) in [5, 5.41) is 5.94. The summed E-state index contributed by atoms with van der Waals surface area (Å²) in [5.74, 6) is 1.27. The second-order valence-corrected chi connectivity index (χ2v) is 4.39. The first-order chi connectivity index (χ1) is 10.2. The Morgan fingerprint density at radius 3 is 2.76 bits per heavy atom. The fraction of sp³-hybridized carbons (Fsp3) is 0.533. The zero-order valence-electron chi connectivity index (χ0n) is 12.9. The van der Waals surface area contributed by atoms with E-state index < -0.39 is 0 Å². The Hall–Kier alpha value is -1.79. The normalized spacial score (nSPS) is 10.2. The maximum atomic E-state index is 11.6. The van der Waals surface area contributed by atoms with Crippen molar-refractivity contribution in [3.8, 4) is 11.5 Å². The average molecular weight is 296 g/mol. The number of rotatable bonds is 10. The van der Waals surface area contributed by atoms with Crippen LogP contribution in [0, 0.1) is 0 Å². The third kappa shape index (κ3) is 6.46. The standard InChI is InChI=1S/C15H24N2O4/c1-4-16-10-12-9-13(20-3)5-6-14(12)21-11-15(18)17-7-8-19-2/h5-6,9,16H,4,7-8,10-11H2,1-3H3,(H,17,18). The van der Waals surface area contributed by atoms with Crippen LogP contribution >= 0.6 is 0 Å². The lowest BCUT2D eigenvalue weighted by Crippen LogP contribution is -2.31. The lowest BCUT2D eigenvalue weighted by atomic mass is 10.2. The minimum absolute atomic E-state index is 0.0187. The van der Waals surface area contributed by atoms with E-state index in [9.17, 15) is 4.79 Å². The smallest absolute Gasteiger partial charge is 0.258 e. The summed E-state index contributed by atoms with van der Waals surface area (Å²) in [6.07, 6.45) is 0. The lowest BCUT2D eigenvalue weighted by Gasteiger charge is -2.13. The second-order valence-electron chi connectivity index (χ2n) is 4.39. The van der Waals surface area contributed by atoms with E-state index in [-0.39, 0.29) is 12.5 Å². The Kier molecular flexibility index (Phi) is 8.23. The molecular formula is C15H24N2O4. The van der Waals surface area contributed by atoms with Crippen molar-refractivity contribution in [3.05, 3.63) is 23.8 Å². The molecule has 0 unspecified atom stereocenters. The number of hydrogen-bond donors (Lipinski definition) is 2. The average Bonchev–Trinajstić information content (AvgIpc) is 2.51. The summed E-state index contributed by atoms with van der Waals surface area (Å²) in [7, 11) is 3.21. The molecule has 1 aromatic carbocycles. The van der Waals surface area contributed by atoms with Crippen LogP contribution in [-0.2, 0) is 16.1 Å². The number of carbonyl (C=O) groups excluding carboxylic acids is 1. The van der Waals surface area contributed by atoms with Crippen LogP contribution in [0.4, 0.5) is 0 Å². The van der Waals surface area contributed by atoms with Crippen LogP contribution in [0.25, 0.3) is 0 Å². The Morgan fingerprint density at radius 2 is 2.10 bits per heavy atom. The van der Waals surface area contributed by atoms with Gasteiger partial charge in [-0.15, -0.1) is 0 Å². The summed E-state index contributed by atoms with van der Waals surface area (Å²) in [5.41, 5.74) is 0.959. The van der Waals surface area contributed by atoms with Crippen molar-refractivity contribution in [2.75, 3.05) is 40.5 Å². The molecule has 21 heavy (non-hydrogen) atoms. The van der Waals surface area contributed by atoms with E-state index in [1.54, 1.807) is 14.2 Å². The predicted molar refractivity (Wildman–Crippen MR) is 80.8 cm³/mol. The zero-order chi connectivity index (χ0) is 15.5. The van der Waals surface area contributed by atoms with E-state index >= 15 is 0 Å². The molecule has 6 heteroatoms. The Balaban J connectivity index is 2.57. The molecule has 0 aliphatic carbocycles. The number of methoxy groups -OCH3 is 2. The quantitative estimate of drug-likeness (QED) is 0.629. The van der Waals surface area contributed by atoms with E-state index in [1.807, 2.05) is 25.1 Å². The van der Waals surface area contributed by atoms with Crippen molar-refractivity contribution in [1.82, 2.24) is 10.6 Å². The van der Waals surface area contributed by atoms with Crippen molar-refractivity contribution >= 4 is 5.91 Å². The molecule has 0 bridgehead atoms. The summed E-state index contributed by atoms with van der Waals surface area (Å²) in [6.45, 7) is 4.49. The van der Waals surface area contributed by atoms with Gasteiger partial charge in [0.05, 0.1) is 13.7 Å². The fourth-order valence-electron chi connectivity index (χ4n) is 1.71. The van der Waals surface area contributed by atoms with E-state index in [1.165, 1.54) is 0 Å². The molecule has 0 saturated carbocycles. The van der Waals surface area contributed by atoms with Gasteiger partial charge in [-0.05, 0) is 24.7 Å². The van der Waals surface area contributed by atoms with E-state index in [2.05, 4.69) is 10.6 Å². The topological polar surface area (TPSA) is 68.8 Å². The molecule has 0 aliphatic heterocycles. The summed E-state index contributed by atoms with van der Waals surface area (Å²) in [6, 6.07) is 5.53. The molecule has 0 radical (unpaired) electrons. The molecule has 0 aromatic heterocycles. The molecule has 0 spiro atoms. The number of nitrogens with one attached hydrogen (secondary N) is 2. The third-order valence-electron chi connectivity index (χ3n) is 2.82. The minimum Gasteiger partial charge on any atom is -0.497 e. The summed E-state index contributed by atoms with van der Waals surface area (Å²) < 4.78 is 15.6. The Morgan fingerprint density at radius 1 is 1.29 bits per heavy atom. The van der Waals surface area contributed by atoms with Gasteiger partial charge in [-0.25, -0.2) is 0 Å². The van der Waals surface area contributed by atoms with Crippen molar-refractivity contribution in [1.29, 1.82) is 0 Å². The van der Waals surface area contributed by atoms with Gasteiger partial charge in [0.15, 0.2) is 6.61 Å². The second kappa shape index (κ2) is 10.0. The molecule has 0 saturated heterocycles. The summed E-state index contributed by atoms with van der Waals surface area (Å²) >= 11 is 0. The van der Waals surface area contributed by atoms with Gasteiger partial charge < -0.3 is 24.8 Å². The number of hydrogen-bond acceptors (Lipinski definition) is 5. The van der Waals surface area contributed by atoms with Gasteiger partial charge in [-0.1, -0.05) is 6.92 Å². The van der Waals surface area contributed by atoms with Gasteiger partial charge in [0.1, 0.15) is 11.5 Å². The monoisotopic (exact) mass is 296 g/mol. The van der Waals surface area contributed by atoms with Gasteiger partial charge in [0.2, 0.25) is 0 Å². The third-order valence-corrected chi connectivity index (χ3v) is 2.82. The van der Waals surface area contributed by atoms with Crippen LogP contribution in [0.2, 0.25) is 0 Å². The van der Waals surface area contributed by atoms with Crippen molar-refractivity contribution < 1.29 is 19.0 Å². The van der Waals surface area contributed by atoms with Crippen molar-refractivity contribution in [3.63, 3.8) is 0 Å². The highest BCUT2D eigenvalue weighted by Crippen LogP contribution is 2.24. The first kappa shape index (κ1) is 17.3. The number of benzene rings is 1. The van der Waals surface area contributed by atoms with Gasteiger partial charge in [0.25, 0.3) is 5.91 Å². The van der Waals surface area contributed by atoms with E-state index in [0.717, 1.165) is 17.9 Å². The largest absolute Gasteiger partial charge is 0.497 e. The first-order valence-electron chi connectivity index (χ1n) is 6.97. The molecule has 118 valence electrons. The summed E-state index contributed by atoms with van der Waals surface area (Å²) in [4.78, 5) is 11.6. The van der Waals surface area contributed by atoms with Crippen molar-refractivity contribution in [2.45, 2.75) is 13.5 Å². The molecule has 0 atom stereocenters. The molecule has 1 aromatic rings. The Labute approximate surface area is 125 Å². The molecule has 1 amide bonds. The number of carbonyl (C=O) groups is 1. The van der Waals surface area contributed by atoms with Crippen molar-refractivity contribution in [2.24, 2.45) is 0 Å². The number of amides is 1. The van der Waals surface area contributed by atoms with Crippen LogP contribution in [0.5, 0.6) is 11.5 Å². The maximum Gasteiger partial charge on any atom is 0.258 e. The van der Waals surface area contributed by atoms with Gasteiger partial charge in [-0.2, -0.15) is 0 Å². The highest BCUT2D eigenvalue weighted by molar-refractivity contribution is 5.77. The van der Waals surface area contributed by atoms with Gasteiger partial charge >= 0.3 is 0 Å². The minimum atomic E-state index is -0.169. The van der Waals surface area contributed by atoms with Gasteiger partial charge in [-0.3, -0.25) is 4.79 Å². The van der Waals surface area contributed by atoms with Crippen LogP contribution in [0.15, 0.2) is 18.2 Å². The molecule has 0 aliphatic rings. The van der Waals surface area contributed by atoms with E-state index in [4.69, 9.17) is 14.2 Å². The van der Waals surface area contributed by atoms with E-state index in [0.29, 0.717) is 25.4 Å². The highest BCUT2D eigenvalue weighted by Gasteiger charge is 2.08. The molecule has 0 fully saturated rings. The lowest BCUT2D eigenvalue weighted by molar-refractivity contribution is -0.123. The first-order valence-corrected chi connectivity index (χ1v) is 6.97. The molecule has 2 N–H and O–H groups in total. The zero-order valence-corrected chi connectivity index (χ0v) is 12.9. The molecule has 1 rings (SSSR count). The van der Waals surface area contributed by atoms with Crippen LogP contribution < -0.4 is 20.1 Å². The van der Waals surface area contributed by atoms with Crippen LogP contribution in [-0.4, -0.2) is 46.4 Å². The predicted octanol–water partition coefficient (Wildman–Crippen LogP) is 0.946. The molecular weight excluding hydrogens is 272 g/mol. The van der Waals surface area contributed by atoms with Crippen LogP contribution in [0.1, 0.15) is 12.5 Å². The Bertz CT molecular complexity index is 438. The fourth-order valence-corrected chi connectivity index (χ4v) is 1.71. The molecule has 6 nitrogen and oxygen atoms in total. The van der Waals surface area contributed by atoms with Gasteiger partial charge in [0, 0.05) is 25.8 Å². The SMILES string of the molecule is CCNCc1cc(OC)ccc1OCC(=O)NCCOC. The maximum absolute atomic E-state index is 11.6. The molecule has 0 heterocycles. The van der Waals surface area contributed by atoms with Crippen LogP contribution in [0.3, 0.4) is 0 Å². The highest BCUT2D eigenvalue weighted by atomic mass is 16.5.